The lowest BCUT2D eigenvalue weighted by Crippen LogP contribution is -2.58. The number of nitrogens with one attached hydrogen (secondary N) is 2. The summed E-state index contributed by atoms with van der Waals surface area (Å²) in [5.74, 6) is 0.166. The van der Waals surface area contributed by atoms with Crippen molar-refractivity contribution in [1.82, 2.24) is 15.5 Å². The van der Waals surface area contributed by atoms with Gasteiger partial charge in [-0.1, -0.05) is 0 Å². The molecule has 1 saturated heterocycles. The third kappa shape index (κ3) is 3.43. The molecule has 1 aliphatic rings. The van der Waals surface area contributed by atoms with Crippen molar-refractivity contribution in [3.05, 3.63) is 0 Å². The third-order valence-corrected chi connectivity index (χ3v) is 2.90. The van der Waals surface area contributed by atoms with E-state index in [1.807, 2.05) is 18.7 Å². The summed E-state index contributed by atoms with van der Waals surface area (Å²) in [6.45, 7) is 7.83. The minimum absolute atomic E-state index is 0.0898. The molecular formula is C11H23N3O2. The van der Waals surface area contributed by atoms with Crippen LogP contribution in [0.2, 0.25) is 0 Å². The predicted octanol–water partition coefficient (Wildman–Crippen LogP) is -0.569. The van der Waals surface area contributed by atoms with Crippen LogP contribution in [0.25, 0.3) is 0 Å². The van der Waals surface area contributed by atoms with E-state index in [4.69, 9.17) is 4.74 Å². The quantitative estimate of drug-likeness (QED) is 0.663. The largest absolute Gasteiger partial charge is 0.383 e. The van der Waals surface area contributed by atoms with Crippen molar-refractivity contribution in [2.75, 3.05) is 39.9 Å². The highest BCUT2D eigenvalue weighted by Crippen LogP contribution is 2.04. The Balaban J connectivity index is 2.53. The molecule has 0 spiro atoms. The summed E-state index contributed by atoms with van der Waals surface area (Å²) in [4.78, 5) is 14.1. The second-order valence-corrected chi connectivity index (χ2v) is 4.14. The zero-order valence-electron chi connectivity index (χ0n) is 10.5. The molecule has 0 aliphatic carbocycles. The number of hydrogen-bond acceptors (Lipinski definition) is 4. The molecular weight excluding hydrogens is 206 g/mol. The fourth-order valence-corrected chi connectivity index (χ4v) is 2.04. The Hall–Kier alpha value is -0.650. The van der Waals surface area contributed by atoms with Crippen LogP contribution in [-0.2, 0) is 9.53 Å². The molecule has 0 saturated carbocycles. The standard InChI is InChI=1S/C11H23N3O2/c1-4-14(9(2)8-16-3)11(15)10-7-12-5-6-13-10/h9-10,12-13H,4-8H2,1-3H3. The van der Waals surface area contributed by atoms with Gasteiger partial charge in [0.25, 0.3) is 0 Å². The highest BCUT2D eigenvalue weighted by molar-refractivity contribution is 5.82. The van der Waals surface area contributed by atoms with Crippen molar-refractivity contribution < 1.29 is 9.53 Å². The number of ether oxygens (including phenoxy) is 1. The number of amides is 1. The van der Waals surface area contributed by atoms with Crippen molar-refractivity contribution in [2.45, 2.75) is 25.9 Å². The first-order chi connectivity index (χ1) is 7.70. The normalized spacial score (nSPS) is 22.8. The second-order valence-electron chi connectivity index (χ2n) is 4.14. The molecule has 1 heterocycles. The van der Waals surface area contributed by atoms with Crippen molar-refractivity contribution >= 4 is 5.91 Å². The Morgan fingerprint density at radius 2 is 2.31 bits per heavy atom. The fraction of sp³-hybridized carbons (Fsp3) is 0.909. The first kappa shape index (κ1) is 13.4. The summed E-state index contributed by atoms with van der Waals surface area (Å²) in [7, 11) is 1.66. The van der Waals surface area contributed by atoms with Crippen molar-refractivity contribution in [3.8, 4) is 0 Å². The van der Waals surface area contributed by atoms with Gasteiger partial charge in [-0.15, -0.1) is 0 Å². The number of carbonyl (C=O) groups is 1. The first-order valence-corrected chi connectivity index (χ1v) is 5.94. The van der Waals surface area contributed by atoms with E-state index in [1.54, 1.807) is 7.11 Å². The van der Waals surface area contributed by atoms with Gasteiger partial charge in [0.05, 0.1) is 18.7 Å². The average Bonchev–Trinajstić information content (AvgIpc) is 2.31. The van der Waals surface area contributed by atoms with Crippen LogP contribution in [0.4, 0.5) is 0 Å². The van der Waals surface area contributed by atoms with Crippen LogP contribution in [-0.4, -0.2) is 62.8 Å². The summed E-state index contributed by atoms with van der Waals surface area (Å²) >= 11 is 0. The van der Waals surface area contributed by atoms with Gasteiger partial charge in [-0.3, -0.25) is 4.79 Å². The number of hydrogen-bond donors (Lipinski definition) is 2. The van der Waals surface area contributed by atoms with Crippen molar-refractivity contribution in [3.63, 3.8) is 0 Å². The molecule has 2 atom stereocenters. The molecule has 0 aromatic rings. The van der Waals surface area contributed by atoms with Gasteiger partial charge in [0.15, 0.2) is 0 Å². The Morgan fingerprint density at radius 3 is 2.81 bits per heavy atom. The van der Waals surface area contributed by atoms with Gasteiger partial charge in [-0.2, -0.15) is 0 Å². The lowest BCUT2D eigenvalue weighted by molar-refractivity contribution is -0.136. The summed E-state index contributed by atoms with van der Waals surface area (Å²) < 4.78 is 5.09. The monoisotopic (exact) mass is 229 g/mol. The van der Waals surface area contributed by atoms with Crippen LogP contribution in [0.5, 0.6) is 0 Å². The molecule has 1 aliphatic heterocycles. The van der Waals surface area contributed by atoms with E-state index in [-0.39, 0.29) is 18.0 Å². The minimum atomic E-state index is -0.0898. The molecule has 0 radical (unpaired) electrons. The molecule has 5 heteroatoms. The topological polar surface area (TPSA) is 53.6 Å². The van der Waals surface area contributed by atoms with Crippen LogP contribution >= 0.6 is 0 Å². The SMILES string of the molecule is CCN(C(=O)C1CNCCN1)C(C)COC. The smallest absolute Gasteiger partial charge is 0.241 e. The van der Waals surface area contributed by atoms with Gasteiger partial charge < -0.3 is 20.3 Å². The number of likely N-dealkylation sites (N-methyl/N-ethyl adjacent to an activating group) is 1. The molecule has 94 valence electrons. The Labute approximate surface area is 97.5 Å². The van der Waals surface area contributed by atoms with Gasteiger partial charge >= 0.3 is 0 Å². The lowest BCUT2D eigenvalue weighted by Gasteiger charge is -2.33. The van der Waals surface area contributed by atoms with E-state index in [2.05, 4.69) is 10.6 Å². The Kier molecular flexibility index (Phi) is 5.73. The van der Waals surface area contributed by atoms with Gasteiger partial charge in [-0.25, -0.2) is 0 Å². The van der Waals surface area contributed by atoms with E-state index >= 15 is 0 Å². The molecule has 16 heavy (non-hydrogen) atoms. The Bertz CT molecular complexity index is 217. The summed E-state index contributed by atoms with van der Waals surface area (Å²) in [5.41, 5.74) is 0. The average molecular weight is 229 g/mol. The number of nitrogens with zero attached hydrogens (tertiary/aromatic N) is 1. The number of methoxy groups -OCH3 is 1. The maximum atomic E-state index is 12.2. The fourth-order valence-electron chi connectivity index (χ4n) is 2.04. The lowest BCUT2D eigenvalue weighted by atomic mass is 10.1. The number of rotatable bonds is 5. The van der Waals surface area contributed by atoms with Gasteiger partial charge in [0.1, 0.15) is 0 Å². The van der Waals surface area contributed by atoms with Crippen LogP contribution in [0.3, 0.4) is 0 Å². The number of carbonyl (C=O) groups excluding carboxylic acids is 1. The van der Waals surface area contributed by atoms with Crippen LogP contribution in [0, 0.1) is 0 Å². The molecule has 1 rings (SSSR count). The van der Waals surface area contributed by atoms with Crippen molar-refractivity contribution in [1.29, 1.82) is 0 Å². The first-order valence-electron chi connectivity index (χ1n) is 5.94. The van der Waals surface area contributed by atoms with Crippen molar-refractivity contribution in [2.24, 2.45) is 0 Å². The summed E-state index contributed by atoms with van der Waals surface area (Å²) in [5, 5.41) is 6.46. The maximum absolute atomic E-state index is 12.2. The van der Waals surface area contributed by atoms with E-state index in [1.165, 1.54) is 0 Å². The van der Waals surface area contributed by atoms with Gasteiger partial charge in [-0.05, 0) is 13.8 Å². The van der Waals surface area contributed by atoms with Crippen LogP contribution in [0.15, 0.2) is 0 Å². The van der Waals surface area contributed by atoms with E-state index in [0.717, 1.165) is 26.2 Å². The Morgan fingerprint density at radius 1 is 1.56 bits per heavy atom. The molecule has 0 bridgehead atoms. The van der Waals surface area contributed by atoms with E-state index < -0.39 is 0 Å². The zero-order valence-corrected chi connectivity index (χ0v) is 10.5. The number of piperazine rings is 1. The van der Waals surface area contributed by atoms with E-state index in [0.29, 0.717) is 6.61 Å². The van der Waals surface area contributed by atoms with Crippen LogP contribution in [0.1, 0.15) is 13.8 Å². The molecule has 1 fully saturated rings. The molecule has 1 amide bonds. The predicted molar refractivity (Wildman–Crippen MR) is 63.4 cm³/mol. The molecule has 2 N–H and O–H groups in total. The zero-order chi connectivity index (χ0) is 12.0. The third-order valence-electron chi connectivity index (χ3n) is 2.90. The highest BCUT2D eigenvalue weighted by atomic mass is 16.5. The summed E-state index contributed by atoms with van der Waals surface area (Å²) in [6, 6.07) is 0.0410. The van der Waals surface area contributed by atoms with Crippen LogP contribution < -0.4 is 10.6 Å². The minimum Gasteiger partial charge on any atom is -0.383 e. The second kappa shape index (κ2) is 6.83. The molecule has 5 nitrogen and oxygen atoms in total. The highest BCUT2D eigenvalue weighted by Gasteiger charge is 2.27. The molecule has 0 aromatic carbocycles. The van der Waals surface area contributed by atoms with Gasteiger partial charge in [0.2, 0.25) is 5.91 Å². The van der Waals surface area contributed by atoms with E-state index in [9.17, 15) is 4.79 Å². The maximum Gasteiger partial charge on any atom is 0.241 e. The molecule has 2 unspecified atom stereocenters. The van der Waals surface area contributed by atoms with Gasteiger partial charge in [0, 0.05) is 33.3 Å². The summed E-state index contributed by atoms with van der Waals surface area (Å²) in [6.07, 6.45) is 0. The molecule has 0 aromatic heterocycles.